The van der Waals surface area contributed by atoms with E-state index in [4.69, 9.17) is 33.7 Å². The SMILES string of the molecule is C[C@@H](Oc1cc(-c2cnn(C3CCN(C(=O)CCCCCCN4CC(CNc5cccc6c5C(=O)N(C5CCC(=O)NC5=O)C6=O)C4)CC3)c2)cnc1N)c1c(Cl)ccc(F)c1Cl. The van der Waals surface area contributed by atoms with Crippen molar-refractivity contribution in [3.8, 4) is 16.9 Å². The van der Waals surface area contributed by atoms with E-state index in [-0.39, 0.29) is 51.8 Å². The summed E-state index contributed by atoms with van der Waals surface area (Å²) in [5.41, 5.74) is 9.16. The van der Waals surface area contributed by atoms with Crippen LogP contribution in [0.1, 0.15) is 103 Å². The molecule has 8 rings (SSSR count). The quantitative estimate of drug-likeness (QED) is 0.0620. The van der Waals surface area contributed by atoms with Crippen LogP contribution in [0, 0.1) is 11.7 Å². The molecule has 4 aliphatic heterocycles. The first kappa shape index (κ1) is 44.0. The number of carbonyl (C=O) groups is 5. The Bertz CT molecular complexity index is 2420. The number of nitrogens with two attached hydrogens (primary N) is 1. The first-order valence-corrected chi connectivity index (χ1v) is 22.3. The maximum atomic E-state index is 14.2. The van der Waals surface area contributed by atoms with Gasteiger partial charge in [-0.3, -0.25) is 38.9 Å². The molecule has 6 heterocycles. The predicted octanol–water partition coefficient (Wildman–Crippen LogP) is 6.67. The molecule has 3 saturated heterocycles. The number of piperidine rings is 2. The molecule has 4 aliphatic rings. The molecular weight excluding hydrogens is 852 g/mol. The molecule has 4 N–H and O–H groups in total. The molecule has 0 spiro atoms. The minimum absolute atomic E-state index is 0.0779. The second kappa shape index (κ2) is 19.0. The highest BCUT2D eigenvalue weighted by Crippen LogP contribution is 2.38. The van der Waals surface area contributed by atoms with Crippen LogP contribution in [0.2, 0.25) is 10.0 Å². The van der Waals surface area contributed by atoms with E-state index >= 15 is 0 Å². The molecule has 2 atom stereocenters. The van der Waals surface area contributed by atoms with Crippen molar-refractivity contribution in [3.63, 3.8) is 0 Å². The van der Waals surface area contributed by atoms with Crippen LogP contribution >= 0.6 is 23.2 Å². The van der Waals surface area contributed by atoms with E-state index in [1.165, 1.54) is 12.1 Å². The van der Waals surface area contributed by atoms with Gasteiger partial charge in [0.15, 0.2) is 11.6 Å². The van der Waals surface area contributed by atoms with Crippen molar-refractivity contribution in [2.75, 3.05) is 50.3 Å². The van der Waals surface area contributed by atoms with E-state index in [1.54, 1.807) is 43.6 Å². The van der Waals surface area contributed by atoms with Gasteiger partial charge >= 0.3 is 0 Å². The Hall–Kier alpha value is -5.58. The van der Waals surface area contributed by atoms with Gasteiger partial charge in [0.1, 0.15) is 18.0 Å². The van der Waals surface area contributed by atoms with Crippen molar-refractivity contribution in [3.05, 3.63) is 87.5 Å². The van der Waals surface area contributed by atoms with Crippen molar-refractivity contribution < 1.29 is 33.1 Å². The van der Waals surface area contributed by atoms with E-state index < -0.39 is 41.6 Å². The zero-order valence-corrected chi connectivity index (χ0v) is 36.5. The molecule has 2 aromatic carbocycles. The van der Waals surface area contributed by atoms with Crippen molar-refractivity contribution in [2.45, 2.75) is 82.9 Å². The van der Waals surface area contributed by atoms with Gasteiger partial charge in [0.2, 0.25) is 17.7 Å². The fraction of sp³-hybridized carbons (Fsp3) is 0.444. The van der Waals surface area contributed by atoms with Gasteiger partial charge < -0.3 is 25.6 Å². The fourth-order valence-electron chi connectivity index (χ4n) is 8.97. The third kappa shape index (κ3) is 9.53. The van der Waals surface area contributed by atoms with Crippen LogP contribution in [0.4, 0.5) is 15.9 Å². The van der Waals surface area contributed by atoms with Gasteiger partial charge in [-0.2, -0.15) is 5.10 Å². The number of nitrogen functional groups attached to an aromatic ring is 1. The van der Waals surface area contributed by atoms with E-state index in [9.17, 15) is 28.4 Å². The number of imide groups is 2. The van der Waals surface area contributed by atoms with Crippen molar-refractivity contribution in [1.82, 2.24) is 34.8 Å². The number of benzene rings is 2. The summed E-state index contributed by atoms with van der Waals surface area (Å²) in [6, 6.07) is 8.67. The van der Waals surface area contributed by atoms with Crippen LogP contribution in [-0.4, -0.2) is 104 Å². The third-order valence-electron chi connectivity index (χ3n) is 12.5. The number of likely N-dealkylation sites (tertiary alicyclic amines) is 2. The third-order valence-corrected chi connectivity index (χ3v) is 13.2. The number of nitrogens with zero attached hydrogens (tertiary/aromatic N) is 6. The highest BCUT2D eigenvalue weighted by molar-refractivity contribution is 6.36. The normalized spacial score (nSPS) is 19.0. The molecule has 2 aromatic heterocycles. The average Bonchev–Trinajstić information content (AvgIpc) is 3.85. The summed E-state index contributed by atoms with van der Waals surface area (Å²) in [7, 11) is 0. The molecule has 0 radical (unpaired) electrons. The monoisotopic (exact) mass is 901 g/mol. The summed E-state index contributed by atoms with van der Waals surface area (Å²) in [5.74, 6) is -1.57. The van der Waals surface area contributed by atoms with Crippen molar-refractivity contribution >= 4 is 64.2 Å². The van der Waals surface area contributed by atoms with Gasteiger partial charge in [0, 0.05) is 91.3 Å². The number of pyridine rings is 1. The lowest BCUT2D eigenvalue weighted by atomic mass is 9.98. The first-order chi connectivity index (χ1) is 30.4. The molecule has 0 aliphatic carbocycles. The average molecular weight is 903 g/mol. The number of hydrogen-bond donors (Lipinski definition) is 3. The smallest absolute Gasteiger partial charge is 0.264 e. The molecule has 18 heteroatoms. The van der Waals surface area contributed by atoms with Crippen LogP contribution in [0.15, 0.2) is 55.0 Å². The molecular formula is C45H50Cl2FN9O6. The van der Waals surface area contributed by atoms with Crippen LogP contribution < -0.4 is 21.1 Å². The topological polar surface area (TPSA) is 185 Å². The molecule has 15 nitrogen and oxygen atoms in total. The van der Waals surface area contributed by atoms with E-state index in [0.29, 0.717) is 49.0 Å². The Balaban J connectivity index is 0.709. The summed E-state index contributed by atoms with van der Waals surface area (Å²) < 4.78 is 22.2. The molecule has 1 unspecified atom stereocenters. The van der Waals surface area contributed by atoms with Crippen molar-refractivity contribution in [1.29, 1.82) is 0 Å². The lowest BCUT2D eigenvalue weighted by molar-refractivity contribution is -0.136. The molecule has 0 bridgehead atoms. The number of aromatic nitrogens is 3. The minimum atomic E-state index is -0.994. The second-order valence-electron chi connectivity index (χ2n) is 16.8. The molecule has 332 valence electrons. The standard InChI is InChI=1S/C45H50Cl2FN9O6/c1-26(39-32(46)10-11-33(48)41(39)47)63-36-19-28(21-51-42(36)49)29-22-52-56(25-29)30-14-17-55(18-15-30)38(59)9-4-2-3-5-16-54-23-27(24-54)20-50-34-8-6-7-31-40(34)45(62)57(44(31)61)35-12-13-37(58)53-43(35)60/h6-8,10-11,19,21-22,25-27,30,35,50H,2-5,9,12-18,20,23-24H2,1H3,(H2,49,51)(H,53,58,60)/t26-,35?/m1/s1. The van der Waals surface area contributed by atoms with E-state index in [0.717, 1.165) is 74.2 Å². The van der Waals surface area contributed by atoms with Crippen molar-refractivity contribution in [2.24, 2.45) is 5.92 Å². The number of ether oxygens (including phenoxy) is 1. The van der Waals surface area contributed by atoms with E-state index in [2.05, 4.69) is 25.6 Å². The second-order valence-corrected chi connectivity index (χ2v) is 17.6. The van der Waals surface area contributed by atoms with Gasteiger partial charge in [0.05, 0.1) is 28.4 Å². The van der Waals surface area contributed by atoms with Crippen LogP contribution in [0.25, 0.3) is 11.1 Å². The number of halogens is 3. The summed E-state index contributed by atoms with van der Waals surface area (Å²) in [5, 5.41) is 10.4. The highest BCUT2D eigenvalue weighted by atomic mass is 35.5. The largest absolute Gasteiger partial charge is 0.482 e. The number of rotatable bonds is 16. The molecule has 5 amide bonds. The number of unbranched alkanes of at least 4 members (excludes halogenated alkanes) is 3. The summed E-state index contributed by atoms with van der Waals surface area (Å²) >= 11 is 12.5. The first-order valence-electron chi connectivity index (χ1n) is 21.5. The van der Waals surface area contributed by atoms with Gasteiger partial charge in [-0.05, 0) is 75.9 Å². The number of hydrogen-bond acceptors (Lipinski definition) is 11. The number of carbonyl (C=O) groups excluding carboxylic acids is 5. The number of anilines is 2. The Morgan fingerprint density at radius 1 is 1.00 bits per heavy atom. The Morgan fingerprint density at radius 2 is 1.78 bits per heavy atom. The summed E-state index contributed by atoms with van der Waals surface area (Å²) in [6.07, 6.45) is 11.0. The molecule has 3 fully saturated rings. The Labute approximate surface area is 374 Å². The highest BCUT2D eigenvalue weighted by Gasteiger charge is 2.45. The predicted molar refractivity (Wildman–Crippen MR) is 235 cm³/mol. The van der Waals surface area contributed by atoms with Gasteiger partial charge in [-0.15, -0.1) is 0 Å². The summed E-state index contributed by atoms with van der Waals surface area (Å²) in [6.45, 7) is 6.58. The zero-order valence-electron chi connectivity index (χ0n) is 35.0. The minimum Gasteiger partial charge on any atom is -0.482 e. The maximum Gasteiger partial charge on any atom is 0.264 e. The lowest BCUT2D eigenvalue weighted by Gasteiger charge is -2.39. The summed E-state index contributed by atoms with van der Waals surface area (Å²) in [4.78, 5) is 73.3. The van der Waals surface area contributed by atoms with E-state index in [1.807, 2.05) is 15.8 Å². The molecule has 4 aromatic rings. The number of amides is 5. The van der Waals surface area contributed by atoms with Crippen LogP contribution in [-0.2, 0) is 14.4 Å². The molecule has 0 saturated carbocycles. The number of fused-ring (bicyclic) bond motifs is 1. The Kier molecular flexibility index (Phi) is 13.3. The lowest BCUT2D eigenvalue weighted by Crippen LogP contribution is -2.54. The maximum absolute atomic E-state index is 14.2. The zero-order chi connectivity index (χ0) is 44.4. The van der Waals surface area contributed by atoms with Crippen LogP contribution in [0.5, 0.6) is 5.75 Å². The Morgan fingerprint density at radius 3 is 2.56 bits per heavy atom. The fourth-order valence-corrected chi connectivity index (χ4v) is 9.65. The van der Waals surface area contributed by atoms with Gasteiger partial charge in [-0.25, -0.2) is 9.37 Å². The van der Waals surface area contributed by atoms with Gasteiger partial charge in [0.25, 0.3) is 11.8 Å². The van der Waals surface area contributed by atoms with Gasteiger partial charge in [-0.1, -0.05) is 42.1 Å². The van der Waals surface area contributed by atoms with Crippen LogP contribution in [0.3, 0.4) is 0 Å². The molecule has 63 heavy (non-hydrogen) atoms. The number of nitrogens with one attached hydrogen (secondary N) is 2.